The SMILES string of the molecule is COc1ccc(C(CNC(=O)NCC(O)c2ccccc2F)N(C)C)cc1. The highest BCUT2D eigenvalue weighted by Gasteiger charge is 2.17. The third-order valence-corrected chi connectivity index (χ3v) is 4.30. The van der Waals surface area contributed by atoms with Gasteiger partial charge in [-0.05, 0) is 37.9 Å². The van der Waals surface area contributed by atoms with Crippen molar-refractivity contribution in [2.75, 3.05) is 34.3 Å². The van der Waals surface area contributed by atoms with Crippen LogP contribution in [0.5, 0.6) is 5.75 Å². The van der Waals surface area contributed by atoms with Crippen LogP contribution in [0.25, 0.3) is 0 Å². The van der Waals surface area contributed by atoms with Crippen molar-refractivity contribution in [3.05, 3.63) is 65.5 Å². The lowest BCUT2D eigenvalue weighted by molar-refractivity contribution is 0.168. The van der Waals surface area contributed by atoms with Gasteiger partial charge in [-0.1, -0.05) is 30.3 Å². The zero-order valence-electron chi connectivity index (χ0n) is 15.8. The molecule has 0 aliphatic carbocycles. The van der Waals surface area contributed by atoms with E-state index in [1.165, 1.54) is 12.1 Å². The number of halogens is 1. The molecule has 0 heterocycles. The van der Waals surface area contributed by atoms with Crippen LogP contribution in [0.15, 0.2) is 48.5 Å². The summed E-state index contributed by atoms with van der Waals surface area (Å²) >= 11 is 0. The molecule has 0 radical (unpaired) electrons. The molecule has 2 unspecified atom stereocenters. The maximum atomic E-state index is 13.6. The van der Waals surface area contributed by atoms with Crippen molar-refractivity contribution in [3.63, 3.8) is 0 Å². The number of hydrogen-bond donors (Lipinski definition) is 3. The Balaban J connectivity index is 1.87. The Bertz CT molecular complexity index is 738. The number of carbonyl (C=O) groups is 1. The van der Waals surface area contributed by atoms with Gasteiger partial charge in [0.05, 0.1) is 19.3 Å². The average Bonchev–Trinajstić information content (AvgIpc) is 2.67. The minimum Gasteiger partial charge on any atom is -0.497 e. The highest BCUT2D eigenvalue weighted by Crippen LogP contribution is 2.20. The summed E-state index contributed by atoms with van der Waals surface area (Å²) in [6, 6.07) is 13.1. The van der Waals surface area contributed by atoms with Crippen molar-refractivity contribution in [2.24, 2.45) is 0 Å². The number of nitrogens with one attached hydrogen (secondary N) is 2. The minimum atomic E-state index is -1.11. The van der Waals surface area contributed by atoms with Crippen LogP contribution < -0.4 is 15.4 Å². The number of methoxy groups -OCH3 is 1. The second-order valence-electron chi connectivity index (χ2n) is 6.38. The van der Waals surface area contributed by atoms with Gasteiger partial charge in [0, 0.05) is 18.7 Å². The summed E-state index contributed by atoms with van der Waals surface area (Å²) < 4.78 is 18.8. The van der Waals surface area contributed by atoms with Crippen LogP contribution >= 0.6 is 0 Å². The second kappa shape index (κ2) is 9.89. The monoisotopic (exact) mass is 375 g/mol. The van der Waals surface area contributed by atoms with Crippen LogP contribution in [0.3, 0.4) is 0 Å². The second-order valence-corrected chi connectivity index (χ2v) is 6.38. The number of aliphatic hydroxyl groups is 1. The normalized spacial score (nSPS) is 13.1. The van der Waals surface area contributed by atoms with E-state index in [9.17, 15) is 14.3 Å². The molecule has 3 N–H and O–H groups in total. The van der Waals surface area contributed by atoms with Crippen LogP contribution in [0.4, 0.5) is 9.18 Å². The van der Waals surface area contributed by atoms with Gasteiger partial charge in [0.25, 0.3) is 0 Å². The molecule has 2 aromatic rings. The number of rotatable bonds is 8. The molecule has 0 aromatic heterocycles. The van der Waals surface area contributed by atoms with E-state index in [1.807, 2.05) is 43.3 Å². The maximum Gasteiger partial charge on any atom is 0.314 e. The van der Waals surface area contributed by atoms with Gasteiger partial charge in [0.2, 0.25) is 0 Å². The van der Waals surface area contributed by atoms with Gasteiger partial charge >= 0.3 is 6.03 Å². The third kappa shape index (κ3) is 5.94. The summed E-state index contributed by atoms with van der Waals surface area (Å²) in [5.41, 5.74) is 1.19. The first kappa shape index (κ1) is 20.7. The number of ether oxygens (including phenoxy) is 1. The Labute approximate surface area is 159 Å². The Morgan fingerprint density at radius 1 is 1.11 bits per heavy atom. The smallest absolute Gasteiger partial charge is 0.314 e. The van der Waals surface area contributed by atoms with Crippen LogP contribution in [0.2, 0.25) is 0 Å². The van der Waals surface area contributed by atoms with E-state index in [1.54, 1.807) is 19.2 Å². The summed E-state index contributed by atoms with van der Waals surface area (Å²) in [5.74, 6) is 0.267. The fraction of sp³-hybridized carbons (Fsp3) is 0.350. The summed E-state index contributed by atoms with van der Waals surface area (Å²) in [6.07, 6.45) is -1.11. The van der Waals surface area contributed by atoms with Crippen LogP contribution in [-0.2, 0) is 0 Å². The Hall–Kier alpha value is -2.64. The molecule has 2 atom stereocenters. The Kier molecular flexibility index (Phi) is 7.57. The largest absolute Gasteiger partial charge is 0.497 e. The average molecular weight is 375 g/mol. The molecule has 0 bridgehead atoms. The molecule has 6 nitrogen and oxygen atoms in total. The van der Waals surface area contributed by atoms with E-state index in [0.29, 0.717) is 6.54 Å². The molecule has 2 amide bonds. The predicted octanol–water partition coefficient (Wildman–Crippen LogP) is 2.47. The lowest BCUT2D eigenvalue weighted by Crippen LogP contribution is -2.41. The quantitative estimate of drug-likeness (QED) is 0.663. The number of hydrogen-bond acceptors (Lipinski definition) is 4. The first-order valence-corrected chi connectivity index (χ1v) is 8.67. The molecule has 0 saturated carbocycles. The number of nitrogens with zero attached hydrogens (tertiary/aromatic N) is 1. The zero-order valence-corrected chi connectivity index (χ0v) is 15.8. The topological polar surface area (TPSA) is 73.8 Å². The van der Waals surface area contributed by atoms with E-state index in [4.69, 9.17) is 4.74 Å². The number of benzene rings is 2. The Morgan fingerprint density at radius 2 is 1.74 bits per heavy atom. The summed E-state index contributed by atoms with van der Waals surface area (Å²) in [6.45, 7) is 0.295. The third-order valence-electron chi connectivity index (χ3n) is 4.30. The highest BCUT2D eigenvalue weighted by molar-refractivity contribution is 5.73. The minimum absolute atomic E-state index is 0.0295. The van der Waals surface area contributed by atoms with E-state index in [-0.39, 0.29) is 18.2 Å². The number of urea groups is 1. The number of amides is 2. The standard InChI is InChI=1S/C20H26FN3O3/c1-24(2)18(14-8-10-15(27-3)11-9-14)12-22-20(26)23-13-19(25)16-6-4-5-7-17(16)21/h4-11,18-19,25H,12-13H2,1-3H3,(H2,22,23,26). The molecule has 0 aliphatic rings. The fourth-order valence-corrected chi connectivity index (χ4v) is 2.72. The van der Waals surface area contributed by atoms with Gasteiger partial charge in [-0.15, -0.1) is 0 Å². The highest BCUT2D eigenvalue weighted by atomic mass is 19.1. The van der Waals surface area contributed by atoms with Crippen molar-refractivity contribution in [3.8, 4) is 5.75 Å². The molecule has 2 rings (SSSR count). The van der Waals surface area contributed by atoms with E-state index < -0.39 is 18.0 Å². The van der Waals surface area contributed by atoms with Crippen molar-refractivity contribution < 1.29 is 19.0 Å². The lowest BCUT2D eigenvalue weighted by atomic mass is 10.1. The predicted molar refractivity (Wildman–Crippen MR) is 102 cm³/mol. The van der Waals surface area contributed by atoms with E-state index in [2.05, 4.69) is 10.6 Å². The van der Waals surface area contributed by atoms with Crippen LogP contribution in [0.1, 0.15) is 23.3 Å². The molecule has 0 fully saturated rings. The van der Waals surface area contributed by atoms with Gasteiger partial charge < -0.3 is 25.4 Å². The molecule has 7 heteroatoms. The van der Waals surface area contributed by atoms with Crippen molar-refractivity contribution >= 4 is 6.03 Å². The maximum absolute atomic E-state index is 13.6. The van der Waals surface area contributed by atoms with Gasteiger partial charge in [0.15, 0.2) is 0 Å². The fourth-order valence-electron chi connectivity index (χ4n) is 2.72. The molecular formula is C20H26FN3O3. The molecule has 0 aliphatic heterocycles. The number of aliphatic hydroxyl groups excluding tert-OH is 1. The van der Waals surface area contributed by atoms with Crippen LogP contribution in [-0.4, -0.2) is 50.3 Å². The van der Waals surface area contributed by atoms with Crippen molar-refractivity contribution in [1.82, 2.24) is 15.5 Å². The first-order valence-electron chi connectivity index (χ1n) is 8.67. The van der Waals surface area contributed by atoms with Crippen molar-refractivity contribution in [1.29, 1.82) is 0 Å². The zero-order chi connectivity index (χ0) is 19.8. The first-order chi connectivity index (χ1) is 12.9. The van der Waals surface area contributed by atoms with Crippen molar-refractivity contribution in [2.45, 2.75) is 12.1 Å². The number of carbonyl (C=O) groups excluding carboxylic acids is 1. The van der Waals surface area contributed by atoms with Gasteiger partial charge in [-0.3, -0.25) is 0 Å². The van der Waals surface area contributed by atoms with Gasteiger partial charge in [0.1, 0.15) is 11.6 Å². The summed E-state index contributed by atoms with van der Waals surface area (Å²) in [7, 11) is 5.47. The molecule has 2 aromatic carbocycles. The van der Waals surface area contributed by atoms with Gasteiger partial charge in [-0.2, -0.15) is 0 Å². The summed E-state index contributed by atoms with van der Waals surface area (Å²) in [4.78, 5) is 14.1. The van der Waals surface area contributed by atoms with Gasteiger partial charge in [-0.25, -0.2) is 9.18 Å². The van der Waals surface area contributed by atoms with E-state index >= 15 is 0 Å². The molecule has 0 spiro atoms. The number of likely N-dealkylation sites (N-methyl/N-ethyl adjacent to an activating group) is 1. The molecule has 0 saturated heterocycles. The molecular weight excluding hydrogens is 349 g/mol. The molecule has 27 heavy (non-hydrogen) atoms. The summed E-state index contributed by atoms with van der Waals surface area (Å²) in [5, 5.41) is 15.4. The Morgan fingerprint density at radius 3 is 2.33 bits per heavy atom. The van der Waals surface area contributed by atoms with Crippen LogP contribution in [0, 0.1) is 5.82 Å². The lowest BCUT2D eigenvalue weighted by Gasteiger charge is -2.25. The molecule has 146 valence electrons. The van der Waals surface area contributed by atoms with E-state index in [0.717, 1.165) is 11.3 Å².